The van der Waals surface area contributed by atoms with Crippen LogP contribution in [0.5, 0.6) is 0 Å². The van der Waals surface area contributed by atoms with Gasteiger partial charge in [-0.3, -0.25) is 4.79 Å². The second-order valence-electron chi connectivity index (χ2n) is 9.79. The van der Waals surface area contributed by atoms with Crippen LogP contribution >= 0.6 is 0 Å². The molecule has 1 amide bonds. The molecule has 2 aromatic heterocycles. The normalized spacial score (nSPS) is 22.7. The number of fused-ring (bicyclic) bond motifs is 1. The molecule has 0 unspecified atom stereocenters. The van der Waals surface area contributed by atoms with Gasteiger partial charge in [0.1, 0.15) is 5.82 Å². The van der Waals surface area contributed by atoms with E-state index in [1.54, 1.807) is 4.52 Å². The minimum Gasteiger partial charge on any atom is -0.355 e. The Bertz CT molecular complexity index is 1340. The van der Waals surface area contributed by atoms with Crippen molar-refractivity contribution in [1.29, 1.82) is 5.26 Å². The van der Waals surface area contributed by atoms with Gasteiger partial charge in [0, 0.05) is 37.5 Å². The van der Waals surface area contributed by atoms with Gasteiger partial charge in [-0.25, -0.2) is 9.50 Å². The number of carbonyl (C=O) groups is 1. The Hall–Kier alpha value is -3.61. The monoisotopic (exact) mass is 496 g/mol. The highest BCUT2D eigenvalue weighted by atomic mass is 19.4. The Labute approximate surface area is 207 Å². The number of benzene rings is 1. The zero-order valence-electron chi connectivity index (χ0n) is 20.2. The smallest absolute Gasteiger partial charge is 0.355 e. The Morgan fingerprint density at radius 1 is 1.19 bits per heavy atom. The number of hydrogen-bond acceptors (Lipinski definition) is 5. The quantitative estimate of drug-likeness (QED) is 0.509. The number of carbonyl (C=O) groups excluding carboxylic acids is 1. The van der Waals surface area contributed by atoms with E-state index >= 15 is 0 Å². The van der Waals surface area contributed by atoms with Crippen molar-refractivity contribution in [2.45, 2.75) is 45.3 Å². The SMILES string of the molecule is Cc1cn2nc([C@@H]3CCCCN3C(=O)c3ccccc3C(F)(F)F)cc2nc1N1C[C@@H](C#N)[C@@H](C)C1. The summed E-state index contributed by atoms with van der Waals surface area (Å²) in [6.45, 7) is 5.73. The summed E-state index contributed by atoms with van der Waals surface area (Å²) in [5.74, 6) is 0.357. The summed E-state index contributed by atoms with van der Waals surface area (Å²) in [5, 5.41) is 14.1. The number of alkyl halides is 3. The van der Waals surface area contributed by atoms with Gasteiger partial charge in [-0.1, -0.05) is 19.1 Å². The van der Waals surface area contributed by atoms with Crippen LogP contribution in [0.3, 0.4) is 0 Å². The van der Waals surface area contributed by atoms with Crippen LogP contribution in [0.4, 0.5) is 19.0 Å². The zero-order valence-corrected chi connectivity index (χ0v) is 20.2. The fourth-order valence-corrected chi connectivity index (χ4v) is 5.36. The molecule has 4 heterocycles. The predicted octanol–water partition coefficient (Wildman–Crippen LogP) is 5.02. The van der Waals surface area contributed by atoms with Crippen LogP contribution in [-0.2, 0) is 6.18 Å². The van der Waals surface area contributed by atoms with Gasteiger partial charge in [-0.2, -0.15) is 23.5 Å². The highest BCUT2D eigenvalue weighted by Crippen LogP contribution is 2.37. The van der Waals surface area contributed by atoms with Gasteiger partial charge >= 0.3 is 6.18 Å². The molecule has 0 N–H and O–H groups in total. The lowest BCUT2D eigenvalue weighted by atomic mass is 9.97. The first-order valence-corrected chi connectivity index (χ1v) is 12.2. The number of piperidine rings is 1. The van der Waals surface area contributed by atoms with Crippen molar-refractivity contribution in [3.63, 3.8) is 0 Å². The number of halogens is 3. The van der Waals surface area contributed by atoms with Crippen molar-refractivity contribution in [3.8, 4) is 6.07 Å². The van der Waals surface area contributed by atoms with E-state index in [2.05, 4.69) is 23.0 Å². The predicted molar refractivity (Wildman–Crippen MR) is 127 cm³/mol. The summed E-state index contributed by atoms with van der Waals surface area (Å²) in [6.07, 6.45) is -0.556. The first kappa shape index (κ1) is 24.1. The van der Waals surface area contributed by atoms with Crippen LogP contribution in [0, 0.1) is 30.1 Å². The number of hydrogen-bond donors (Lipinski definition) is 0. The molecule has 188 valence electrons. The lowest BCUT2D eigenvalue weighted by Crippen LogP contribution is -2.39. The lowest BCUT2D eigenvalue weighted by Gasteiger charge is -2.35. The maximum Gasteiger partial charge on any atom is 0.417 e. The number of amides is 1. The summed E-state index contributed by atoms with van der Waals surface area (Å²) < 4.78 is 42.4. The first-order valence-electron chi connectivity index (χ1n) is 12.2. The van der Waals surface area contributed by atoms with Crippen molar-refractivity contribution in [3.05, 3.63) is 58.9 Å². The van der Waals surface area contributed by atoms with E-state index in [1.807, 2.05) is 19.2 Å². The van der Waals surface area contributed by atoms with Gasteiger partial charge in [0.05, 0.1) is 34.8 Å². The molecule has 5 rings (SSSR count). The number of rotatable bonds is 3. The Morgan fingerprint density at radius 2 is 1.97 bits per heavy atom. The van der Waals surface area contributed by atoms with Crippen molar-refractivity contribution in [2.75, 3.05) is 24.5 Å². The van der Waals surface area contributed by atoms with Crippen molar-refractivity contribution >= 4 is 17.4 Å². The van der Waals surface area contributed by atoms with E-state index in [0.29, 0.717) is 30.9 Å². The maximum absolute atomic E-state index is 13.6. The topological polar surface area (TPSA) is 77.5 Å². The fourth-order valence-electron chi connectivity index (χ4n) is 5.36. The molecular weight excluding hydrogens is 469 g/mol. The molecule has 2 saturated heterocycles. The van der Waals surface area contributed by atoms with E-state index < -0.39 is 23.7 Å². The van der Waals surface area contributed by atoms with Gasteiger partial charge in [0.25, 0.3) is 5.91 Å². The molecule has 0 bridgehead atoms. The number of aromatic nitrogens is 3. The largest absolute Gasteiger partial charge is 0.417 e. The minimum absolute atomic E-state index is 0.0516. The molecule has 7 nitrogen and oxygen atoms in total. The summed E-state index contributed by atoms with van der Waals surface area (Å²) >= 11 is 0. The molecule has 10 heteroatoms. The third-order valence-corrected chi connectivity index (χ3v) is 7.27. The summed E-state index contributed by atoms with van der Waals surface area (Å²) in [6, 6.07) is 8.68. The fraction of sp³-hybridized carbons (Fsp3) is 0.462. The van der Waals surface area contributed by atoms with Crippen LogP contribution in [0.25, 0.3) is 5.65 Å². The summed E-state index contributed by atoms with van der Waals surface area (Å²) in [4.78, 5) is 21.8. The third kappa shape index (κ3) is 4.27. The molecule has 3 aromatic rings. The van der Waals surface area contributed by atoms with Gasteiger partial charge < -0.3 is 9.80 Å². The van der Waals surface area contributed by atoms with Crippen LogP contribution < -0.4 is 4.90 Å². The average molecular weight is 497 g/mol. The molecule has 3 atom stereocenters. The molecular formula is C26H27F3N6O. The second-order valence-corrected chi connectivity index (χ2v) is 9.79. The Balaban J connectivity index is 1.48. The molecule has 1 aromatic carbocycles. The molecule has 2 aliphatic heterocycles. The zero-order chi connectivity index (χ0) is 25.6. The van der Waals surface area contributed by atoms with Gasteiger partial charge in [0.15, 0.2) is 5.65 Å². The van der Waals surface area contributed by atoms with E-state index in [4.69, 9.17) is 4.98 Å². The molecule has 2 aliphatic rings. The number of aryl methyl sites for hydroxylation is 1. The Kier molecular flexibility index (Phi) is 6.10. The third-order valence-electron chi connectivity index (χ3n) is 7.27. The van der Waals surface area contributed by atoms with E-state index in [-0.39, 0.29) is 17.4 Å². The standard InChI is InChI=1S/C26H27F3N6O/c1-16-13-33(15-18(16)12-30)24-17(2)14-35-23(31-24)11-21(32-35)22-9-5-6-10-34(22)25(36)19-7-3-4-8-20(19)26(27,28)29/h3-4,7-8,11,14,16,18,22H,5-6,9-10,13,15H2,1-2H3/t16-,18+,22-/m0/s1. The molecule has 2 fully saturated rings. The number of likely N-dealkylation sites (tertiary alicyclic amines) is 1. The van der Waals surface area contributed by atoms with Crippen molar-refractivity contribution in [1.82, 2.24) is 19.5 Å². The van der Waals surface area contributed by atoms with E-state index in [1.165, 1.54) is 23.1 Å². The number of anilines is 1. The Morgan fingerprint density at radius 3 is 2.69 bits per heavy atom. The van der Waals surface area contributed by atoms with Crippen LogP contribution in [0.2, 0.25) is 0 Å². The van der Waals surface area contributed by atoms with Gasteiger partial charge in [0.2, 0.25) is 0 Å². The van der Waals surface area contributed by atoms with E-state index in [9.17, 15) is 23.2 Å². The maximum atomic E-state index is 13.6. The summed E-state index contributed by atoms with van der Waals surface area (Å²) in [7, 11) is 0. The lowest BCUT2D eigenvalue weighted by molar-refractivity contribution is -0.138. The summed E-state index contributed by atoms with van der Waals surface area (Å²) in [5.41, 5.74) is 0.867. The second kappa shape index (κ2) is 9.12. The number of nitriles is 1. The number of nitrogens with zero attached hydrogens (tertiary/aromatic N) is 6. The minimum atomic E-state index is -4.61. The molecule has 0 spiro atoms. The molecule has 0 radical (unpaired) electrons. The van der Waals surface area contributed by atoms with Crippen molar-refractivity contribution in [2.24, 2.45) is 11.8 Å². The molecule has 36 heavy (non-hydrogen) atoms. The highest BCUT2D eigenvalue weighted by molar-refractivity contribution is 5.96. The van der Waals surface area contributed by atoms with Crippen LogP contribution in [0.1, 0.15) is 59.4 Å². The van der Waals surface area contributed by atoms with E-state index in [0.717, 1.165) is 36.8 Å². The molecule has 0 aliphatic carbocycles. The average Bonchev–Trinajstić information content (AvgIpc) is 3.44. The van der Waals surface area contributed by atoms with Crippen LogP contribution in [-0.4, -0.2) is 45.0 Å². The highest BCUT2D eigenvalue weighted by Gasteiger charge is 2.38. The van der Waals surface area contributed by atoms with Crippen molar-refractivity contribution < 1.29 is 18.0 Å². The van der Waals surface area contributed by atoms with Gasteiger partial charge in [-0.15, -0.1) is 0 Å². The molecule has 0 saturated carbocycles. The first-order chi connectivity index (χ1) is 17.2. The van der Waals surface area contributed by atoms with Gasteiger partial charge in [-0.05, 0) is 44.2 Å². The van der Waals surface area contributed by atoms with Crippen LogP contribution in [0.15, 0.2) is 36.5 Å².